The van der Waals surface area contributed by atoms with Crippen molar-refractivity contribution in [2.24, 2.45) is 5.84 Å². The number of benzene rings is 1. The molecular weight excluding hydrogens is 237 g/mol. The Kier molecular flexibility index (Phi) is 3.59. The van der Waals surface area contributed by atoms with Crippen molar-refractivity contribution < 1.29 is 13.9 Å². The fraction of sp³-hybridized carbons (Fsp3) is 0.250. The van der Waals surface area contributed by atoms with E-state index in [2.05, 4.69) is 10.4 Å². The second-order valence-electron chi connectivity index (χ2n) is 3.74. The number of fused-ring (bicyclic) bond motifs is 1. The highest BCUT2D eigenvalue weighted by molar-refractivity contribution is 5.92. The Bertz CT molecular complexity index is 575. The van der Waals surface area contributed by atoms with Crippen molar-refractivity contribution in [3.63, 3.8) is 0 Å². The van der Waals surface area contributed by atoms with Crippen LogP contribution in [0.4, 0.5) is 10.1 Å². The lowest BCUT2D eigenvalue weighted by molar-refractivity contribution is 0.182. The summed E-state index contributed by atoms with van der Waals surface area (Å²) in [5.41, 5.74) is 4.37. The number of pyridine rings is 1. The summed E-state index contributed by atoms with van der Waals surface area (Å²) in [5.74, 6) is 5.15. The molecule has 0 fully saturated rings. The summed E-state index contributed by atoms with van der Waals surface area (Å²) in [4.78, 5) is 4.29. The molecule has 0 saturated carbocycles. The van der Waals surface area contributed by atoms with Crippen LogP contribution in [0.2, 0.25) is 0 Å². The van der Waals surface area contributed by atoms with Crippen LogP contribution in [0.1, 0.15) is 5.69 Å². The quantitative estimate of drug-likeness (QED) is 0.640. The molecular formula is C12H14FN3O2. The van der Waals surface area contributed by atoms with Crippen molar-refractivity contribution in [1.82, 2.24) is 4.98 Å². The summed E-state index contributed by atoms with van der Waals surface area (Å²) in [6.07, 6.45) is 0. The van der Waals surface area contributed by atoms with E-state index in [1.807, 2.05) is 0 Å². The highest BCUT2D eigenvalue weighted by Gasteiger charge is 2.10. The number of methoxy groups -OCH3 is 2. The van der Waals surface area contributed by atoms with Gasteiger partial charge in [0, 0.05) is 18.6 Å². The molecule has 0 unspecified atom stereocenters. The van der Waals surface area contributed by atoms with Gasteiger partial charge in [-0.3, -0.25) is 10.8 Å². The van der Waals surface area contributed by atoms with Gasteiger partial charge in [-0.15, -0.1) is 0 Å². The molecule has 0 atom stereocenters. The first-order valence-corrected chi connectivity index (χ1v) is 5.32. The van der Waals surface area contributed by atoms with E-state index in [1.165, 1.54) is 13.2 Å². The standard InChI is InChI=1S/C12H14FN3O2/c1-17-6-7-3-11(16-14)8-4-12(18-2)9(13)5-10(8)15-7/h3-5H,6,14H2,1-2H3,(H,15,16). The number of nitrogen functional groups attached to an aromatic ring is 1. The second kappa shape index (κ2) is 5.16. The van der Waals surface area contributed by atoms with Gasteiger partial charge in [0.2, 0.25) is 0 Å². The van der Waals surface area contributed by atoms with E-state index in [0.717, 1.165) is 0 Å². The number of rotatable bonds is 4. The monoisotopic (exact) mass is 251 g/mol. The van der Waals surface area contributed by atoms with Crippen molar-refractivity contribution in [1.29, 1.82) is 0 Å². The van der Waals surface area contributed by atoms with Gasteiger partial charge in [0.15, 0.2) is 11.6 Å². The van der Waals surface area contributed by atoms with Crippen LogP contribution in [0, 0.1) is 5.82 Å². The number of nitrogens with two attached hydrogens (primary N) is 1. The second-order valence-corrected chi connectivity index (χ2v) is 3.74. The number of anilines is 1. The summed E-state index contributed by atoms with van der Waals surface area (Å²) in [5, 5.41) is 0.690. The van der Waals surface area contributed by atoms with Gasteiger partial charge in [-0.25, -0.2) is 4.39 Å². The number of hydrogen-bond donors (Lipinski definition) is 2. The number of aromatic nitrogens is 1. The molecule has 6 heteroatoms. The van der Waals surface area contributed by atoms with Crippen LogP contribution < -0.4 is 16.0 Å². The topological polar surface area (TPSA) is 69.4 Å². The molecule has 0 bridgehead atoms. The van der Waals surface area contributed by atoms with E-state index < -0.39 is 5.82 Å². The summed E-state index contributed by atoms with van der Waals surface area (Å²) in [6.45, 7) is 0.332. The fourth-order valence-electron chi connectivity index (χ4n) is 1.78. The van der Waals surface area contributed by atoms with Crippen LogP contribution in [-0.4, -0.2) is 19.2 Å². The first-order chi connectivity index (χ1) is 8.69. The molecule has 1 heterocycles. The van der Waals surface area contributed by atoms with Crippen LogP contribution in [0.15, 0.2) is 18.2 Å². The maximum atomic E-state index is 13.6. The van der Waals surface area contributed by atoms with Crippen molar-refractivity contribution in [2.45, 2.75) is 6.61 Å². The van der Waals surface area contributed by atoms with Crippen molar-refractivity contribution in [3.05, 3.63) is 29.7 Å². The van der Waals surface area contributed by atoms with Gasteiger partial charge < -0.3 is 14.9 Å². The Balaban J connectivity index is 2.67. The van der Waals surface area contributed by atoms with Gasteiger partial charge in [-0.05, 0) is 12.1 Å². The zero-order valence-corrected chi connectivity index (χ0v) is 10.2. The van der Waals surface area contributed by atoms with Crippen LogP contribution in [0.5, 0.6) is 5.75 Å². The Morgan fingerprint density at radius 1 is 1.33 bits per heavy atom. The predicted octanol–water partition coefficient (Wildman–Crippen LogP) is 1.81. The minimum Gasteiger partial charge on any atom is -0.494 e. The summed E-state index contributed by atoms with van der Waals surface area (Å²) in [7, 11) is 2.97. The zero-order chi connectivity index (χ0) is 13.1. The predicted molar refractivity (Wildman–Crippen MR) is 66.8 cm³/mol. The lowest BCUT2D eigenvalue weighted by atomic mass is 10.1. The van der Waals surface area contributed by atoms with E-state index >= 15 is 0 Å². The number of hydrogen-bond acceptors (Lipinski definition) is 5. The van der Waals surface area contributed by atoms with E-state index in [4.69, 9.17) is 15.3 Å². The lowest BCUT2D eigenvalue weighted by Gasteiger charge is -2.10. The molecule has 0 spiro atoms. The van der Waals surface area contributed by atoms with E-state index in [9.17, 15) is 4.39 Å². The van der Waals surface area contributed by atoms with Gasteiger partial charge >= 0.3 is 0 Å². The highest BCUT2D eigenvalue weighted by atomic mass is 19.1. The van der Waals surface area contributed by atoms with E-state index in [1.54, 1.807) is 19.2 Å². The zero-order valence-electron chi connectivity index (χ0n) is 10.2. The van der Waals surface area contributed by atoms with Crippen LogP contribution in [0.3, 0.4) is 0 Å². The SMILES string of the molecule is COCc1cc(NN)c2cc(OC)c(F)cc2n1. The Morgan fingerprint density at radius 3 is 2.72 bits per heavy atom. The average Bonchev–Trinajstić information content (AvgIpc) is 2.37. The average molecular weight is 251 g/mol. The van der Waals surface area contributed by atoms with Gasteiger partial charge in [0.05, 0.1) is 30.6 Å². The minimum absolute atomic E-state index is 0.153. The Labute approximate surface area is 104 Å². The molecule has 0 radical (unpaired) electrons. The molecule has 18 heavy (non-hydrogen) atoms. The largest absolute Gasteiger partial charge is 0.494 e. The normalized spacial score (nSPS) is 10.7. The minimum atomic E-state index is -0.463. The third kappa shape index (κ3) is 2.20. The third-order valence-electron chi connectivity index (χ3n) is 2.58. The van der Waals surface area contributed by atoms with Crippen LogP contribution in [0.25, 0.3) is 10.9 Å². The molecule has 0 amide bonds. The summed E-state index contributed by atoms with van der Waals surface area (Å²) >= 11 is 0. The first-order valence-electron chi connectivity index (χ1n) is 5.32. The number of hydrazine groups is 1. The number of nitrogens with one attached hydrogen (secondary N) is 1. The smallest absolute Gasteiger partial charge is 0.167 e. The highest BCUT2D eigenvalue weighted by Crippen LogP contribution is 2.29. The molecule has 0 aliphatic rings. The van der Waals surface area contributed by atoms with E-state index in [0.29, 0.717) is 28.9 Å². The van der Waals surface area contributed by atoms with Crippen LogP contribution >= 0.6 is 0 Å². The lowest BCUT2D eigenvalue weighted by Crippen LogP contribution is -2.09. The molecule has 2 aromatic rings. The molecule has 2 rings (SSSR count). The van der Waals surface area contributed by atoms with Gasteiger partial charge in [-0.2, -0.15) is 0 Å². The number of ether oxygens (including phenoxy) is 2. The molecule has 0 saturated heterocycles. The van der Waals surface area contributed by atoms with Gasteiger partial charge in [-0.1, -0.05) is 0 Å². The molecule has 3 N–H and O–H groups in total. The maximum Gasteiger partial charge on any atom is 0.167 e. The Hall–Kier alpha value is -1.92. The van der Waals surface area contributed by atoms with Crippen molar-refractivity contribution >= 4 is 16.6 Å². The number of halogens is 1. The number of nitrogens with zero attached hydrogens (tertiary/aromatic N) is 1. The van der Waals surface area contributed by atoms with E-state index in [-0.39, 0.29) is 5.75 Å². The van der Waals surface area contributed by atoms with Gasteiger partial charge in [0.1, 0.15) is 0 Å². The first kappa shape index (κ1) is 12.5. The Morgan fingerprint density at radius 2 is 2.11 bits per heavy atom. The molecule has 5 nitrogen and oxygen atoms in total. The van der Waals surface area contributed by atoms with Crippen molar-refractivity contribution in [2.75, 3.05) is 19.6 Å². The molecule has 1 aromatic carbocycles. The molecule has 96 valence electrons. The van der Waals surface area contributed by atoms with Crippen LogP contribution in [-0.2, 0) is 11.3 Å². The molecule has 0 aliphatic carbocycles. The summed E-state index contributed by atoms with van der Waals surface area (Å²) < 4.78 is 23.6. The molecule has 1 aromatic heterocycles. The van der Waals surface area contributed by atoms with Gasteiger partial charge in [0.25, 0.3) is 0 Å². The maximum absolute atomic E-state index is 13.6. The third-order valence-corrected chi connectivity index (χ3v) is 2.58. The molecule has 0 aliphatic heterocycles. The summed E-state index contributed by atoms with van der Waals surface area (Å²) in [6, 6.07) is 4.63. The fourth-order valence-corrected chi connectivity index (χ4v) is 1.78. The van der Waals surface area contributed by atoms with Crippen molar-refractivity contribution in [3.8, 4) is 5.75 Å².